The predicted molar refractivity (Wildman–Crippen MR) is 126 cm³/mol. The third-order valence-corrected chi connectivity index (χ3v) is 4.67. The lowest BCUT2D eigenvalue weighted by molar-refractivity contribution is -0.111. The van der Waals surface area contributed by atoms with Crippen molar-refractivity contribution >= 4 is 17.7 Å². The normalized spacial score (nSPS) is 10.9. The Bertz CT molecular complexity index is 1220. The van der Waals surface area contributed by atoms with Gasteiger partial charge >= 0.3 is 0 Å². The molecule has 0 radical (unpaired) electrons. The van der Waals surface area contributed by atoms with Crippen molar-refractivity contribution in [2.24, 2.45) is 0 Å². The molecule has 3 aromatic heterocycles. The van der Waals surface area contributed by atoms with Gasteiger partial charge in [-0.05, 0) is 42.5 Å². The Morgan fingerprint density at radius 2 is 1.91 bits per heavy atom. The first-order valence-corrected chi connectivity index (χ1v) is 10.4. The average Bonchev–Trinajstić information content (AvgIpc) is 3.29. The number of benzene rings is 1. The summed E-state index contributed by atoms with van der Waals surface area (Å²) in [6, 6.07) is 17.0. The van der Waals surface area contributed by atoms with Gasteiger partial charge in [0.15, 0.2) is 0 Å². The van der Waals surface area contributed by atoms with Gasteiger partial charge in [0.05, 0.1) is 12.3 Å². The fourth-order valence-electron chi connectivity index (χ4n) is 3.11. The zero-order valence-electron chi connectivity index (χ0n) is 18.1. The summed E-state index contributed by atoms with van der Waals surface area (Å²) in [6.07, 6.45) is 10.1. The average molecular weight is 441 g/mol. The maximum absolute atomic E-state index is 12.6. The van der Waals surface area contributed by atoms with Crippen molar-refractivity contribution in [2.75, 3.05) is 25.6 Å². The molecule has 0 bridgehead atoms. The minimum atomic E-state index is -0.316. The Balaban J connectivity index is 1.56. The van der Waals surface area contributed by atoms with Gasteiger partial charge in [-0.1, -0.05) is 18.2 Å². The van der Waals surface area contributed by atoms with Crippen LogP contribution in [0.4, 0.5) is 5.69 Å². The van der Waals surface area contributed by atoms with Crippen LogP contribution < -0.4 is 10.1 Å². The number of nitrogens with one attached hydrogen (secondary N) is 1. The van der Waals surface area contributed by atoms with E-state index in [2.05, 4.69) is 15.3 Å². The molecule has 0 saturated heterocycles. The van der Waals surface area contributed by atoms with E-state index in [9.17, 15) is 4.79 Å². The molecular formula is C25H23N5O3. The van der Waals surface area contributed by atoms with Crippen molar-refractivity contribution in [1.82, 2.24) is 19.7 Å². The molecule has 1 N–H and O–H groups in total. The van der Waals surface area contributed by atoms with Crippen molar-refractivity contribution in [3.63, 3.8) is 0 Å². The molecule has 8 heteroatoms. The molecule has 33 heavy (non-hydrogen) atoms. The number of amides is 1. The number of anilines is 1. The Labute approximate surface area is 191 Å². The molecule has 0 aliphatic carbocycles. The molecule has 4 rings (SSSR count). The summed E-state index contributed by atoms with van der Waals surface area (Å²) < 4.78 is 12.3. The maximum Gasteiger partial charge on any atom is 0.248 e. The van der Waals surface area contributed by atoms with E-state index < -0.39 is 0 Å². The number of carbonyl (C=O) groups is 1. The van der Waals surface area contributed by atoms with Crippen LogP contribution in [-0.4, -0.2) is 46.0 Å². The van der Waals surface area contributed by atoms with Gasteiger partial charge < -0.3 is 14.8 Å². The van der Waals surface area contributed by atoms with Crippen molar-refractivity contribution in [2.45, 2.75) is 0 Å². The second-order valence-electron chi connectivity index (χ2n) is 6.97. The summed E-state index contributed by atoms with van der Waals surface area (Å²) >= 11 is 0. The largest absolute Gasteiger partial charge is 0.474 e. The van der Waals surface area contributed by atoms with E-state index in [1.54, 1.807) is 48.6 Å². The Morgan fingerprint density at radius 3 is 2.70 bits per heavy atom. The number of carbonyl (C=O) groups excluding carboxylic acids is 1. The van der Waals surface area contributed by atoms with Gasteiger partial charge in [-0.15, -0.1) is 0 Å². The van der Waals surface area contributed by atoms with Crippen molar-refractivity contribution < 1.29 is 14.3 Å². The van der Waals surface area contributed by atoms with Gasteiger partial charge in [-0.3, -0.25) is 9.78 Å². The standard InChI is InChI=1S/C25H23N5O3/c1-32-15-16-33-25-22(10-6-14-27-25)28-23(31)12-11-20-18-30(21-8-3-2-4-9-21)29-24(20)19-7-5-13-26-17-19/h2-14,17-18H,15-16H2,1H3,(H,28,31)/b12-11+. The van der Waals surface area contributed by atoms with Crippen LogP contribution in [0.15, 0.2) is 85.5 Å². The lowest BCUT2D eigenvalue weighted by Gasteiger charge is -2.09. The minimum absolute atomic E-state index is 0.316. The number of para-hydroxylation sites is 1. The number of nitrogens with zero attached hydrogens (tertiary/aromatic N) is 4. The van der Waals surface area contributed by atoms with Crippen LogP contribution in [0.2, 0.25) is 0 Å². The van der Waals surface area contributed by atoms with E-state index in [1.165, 1.54) is 6.08 Å². The van der Waals surface area contributed by atoms with Crippen molar-refractivity contribution in [3.8, 4) is 22.8 Å². The summed E-state index contributed by atoms with van der Waals surface area (Å²) in [7, 11) is 1.59. The van der Waals surface area contributed by atoms with Crippen LogP contribution >= 0.6 is 0 Å². The van der Waals surface area contributed by atoms with Gasteiger partial charge in [0.25, 0.3) is 0 Å². The van der Waals surface area contributed by atoms with Crippen LogP contribution in [0, 0.1) is 0 Å². The molecule has 0 spiro atoms. The molecular weight excluding hydrogens is 418 g/mol. The second kappa shape index (κ2) is 10.8. The first-order chi connectivity index (χ1) is 16.2. The molecule has 0 aliphatic heterocycles. The summed E-state index contributed by atoms with van der Waals surface area (Å²) in [5.41, 5.74) is 3.76. The zero-order valence-corrected chi connectivity index (χ0v) is 18.1. The van der Waals surface area contributed by atoms with E-state index in [0.717, 1.165) is 22.5 Å². The highest BCUT2D eigenvalue weighted by Crippen LogP contribution is 2.25. The summed E-state index contributed by atoms with van der Waals surface area (Å²) in [5, 5.41) is 7.53. The summed E-state index contributed by atoms with van der Waals surface area (Å²) in [6.45, 7) is 0.756. The smallest absolute Gasteiger partial charge is 0.248 e. The number of rotatable bonds is 9. The molecule has 0 aliphatic rings. The molecule has 0 atom stereocenters. The van der Waals surface area contributed by atoms with Crippen molar-refractivity contribution in [1.29, 1.82) is 0 Å². The second-order valence-corrected chi connectivity index (χ2v) is 6.97. The maximum atomic E-state index is 12.6. The Morgan fingerprint density at radius 1 is 1.06 bits per heavy atom. The zero-order chi connectivity index (χ0) is 22.9. The fraction of sp³-hybridized carbons (Fsp3) is 0.120. The van der Waals surface area contributed by atoms with E-state index in [0.29, 0.717) is 24.8 Å². The van der Waals surface area contributed by atoms with Crippen LogP contribution in [0.1, 0.15) is 5.56 Å². The highest BCUT2D eigenvalue weighted by atomic mass is 16.5. The third kappa shape index (κ3) is 5.69. The number of aromatic nitrogens is 4. The van der Waals surface area contributed by atoms with E-state index in [4.69, 9.17) is 14.6 Å². The van der Waals surface area contributed by atoms with Gasteiger partial charge in [-0.2, -0.15) is 5.10 Å². The highest BCUT2D eigenvalue weighted by Gasteiger charge is 2.12. The fourth-order valence-corrected chi connectivity index (χ4v) is 3.11. The Hall–Kier alpha value is -4.30. The van der Waals surface area contributed by atoms with Crippen molar-refractivity contribution in [3.05, 3.63) is 91.0 Å². The number of ether oxygens (including phenoxy) is 2. The lowest BCUT2D eigenvalue weighted by Crippen LogP contribution is -2.12. The first-order valence-electron chi connectivity index (χ1n) is 10.4. The van der Waals surface area contributed by atoms with Gasteiger partial charge in [0.2, 0.25) is 11.8 Å². The number of hydrogen-bond acceptors (Lipinski definition) is 6. The predicted octanol–water partition coefficient (Wildman–Crippen LogP) is 4.01. The number of pyridine rings is 2. The quantitative estimate of drug-likeness (QED) is 0.312. The van der Waals surface area contributed by atoms with E-state index in [-0.39, 0.29) is 5.91 Å². The Kier molecular flexibility index (Phi) is 7.19. The summed E-state index contributed by atoms with van der Waals surface area (Å²) in [5.74, 6) is 0.0217. The number of hydrogen-bond donors (Lipinski definition) is 1. The SMILES string of the molecule is COCCOc1ncccc1NC(=O)/C=C/c1cn(-c2ccccc2)nc1-c1cccnc1. The molecule has 0 saturated carbocycles. The third-order valence-electron chi connectivity index (χ3n) is 4.67. The minimum Gasteiger partial charge on any atom is -0.474 e. The van der Waals surface area contributed by atoms with Crippen LogP contribution in [0.25, 0.3) is 23.0 Å². The van der Waals surface area contributed by atoms with Gasteiger partial charge in [-0.25, -0.2) is 9.67 Å². The van der Waals surface area contributed by atoms with Gasteiger partial charge in [0.1, 0.15) is 18.0 Å². The first kappa shape index (κ1) is 21.9. The molecule has 1 amide bonds. The van der Waals surface area contributed by atoms with Gasteiger partial charge in [0, 0.05) is 49.1 Å². The molecule has 1 aromatic carbocycles. The molecule has 166 valence electrons. The van der Waals surface area contributed by atoms with E-state index >= 15 is 0 Å². The molecule has 4 aromatic rings. The van der Waals surface area contributed by atoms with Crippen LogP contribution in [0.5, 0.6) is 5.88 Å². The van der Waals surface area contributed by atoms with Crippen LogP contribution in [0.3, 0.4) is 0 Å². The molecule has 0 fully saturated rings. The number of methoxy groups -OCH3 is 1. The topological polar surface area (TPSA) is 91.2 Å². The highest BCUT2D eigenvalue weighted by molar-refractivity contribution is 6.03. The lowest BCUT2D eigenvalue weighted by atomic mass is 10.1. The molecule has 0 unspecified atom stereocenters. The monoisotopic (exact) mass is 441 g/mol. The molecule has 3 heterocycles. The van der Waals surface area contributed by atoms with E-state index in [1.807, 2.05) is 48.7 Å². The molecule has 8 nitrogen and oxygen atoms in total. The summed E-state index contributed by atoms with van der Waals surface area (Å²) in [4.78, 5) is 21.0. The van der Waals surface area contributed by atoms with Crippen LogP contribution in [-0.2, 0) is 9.53 Å².